The number of ether oxygens (including phenoxy) is 8. The van der Waals surface area contributed by atoms with E-state index in [0.29, 0.717) is 91.6 Å². The van der Waals surface area contributed by atoms with Crippen molar-refractivity contribution in [1.29, 1.82) is 0 Å². The summed E-state index contributed by atoms with van der Waals surface area (Å²) in [5.74, 6) is 0.661. The zero-order valence-corrected chi connectivity index (χ0v) is 22.2. The minimum absolute atomic E-state index is 0.0232. The molecule has 0 aliphatic carbocycles. The summed E-state index contributed by atoms with van der Waals surface area (Å²) in [6.45, 7) is 12.3. The summed E-state index contributed by atoms with van der Waals surface area (Å²) in [5.41, 5.74) is 0.951. The standard InChI is InChI=1S/C26H46O10/c1-26(2,3)23-6-4-5-7-24(23)36-25(28)22-35-21-20-34-19-18-33-17-16-32-15-14-31-13-12-30-11-10-29-9-8-27/h4-7,25,27-28H,8-22H2,1-3H3. The van der Waals surface area contributed by atoms with Crippen molar-refractivity contribution in [3.63, 3.8) is 0 Å². The van der Waals surface area contributed by atoms with Gasteiger partial charge in [-0.2, -0.15) is 0 Å². The van der Waals surface area contributed by atoms with Gasteiger partial charge in [0.1, 0.15) is 12.4 Å². The normalized spacial score (nSPS) is 12.7. The molecule has 10 nitrogen and oxygen atoms in total. The molecule has 210 valence electrons. The van der Waals surface area contributed by atoms with Gasteiger partial charge >= 0.3 is 0 Å². The van der Waals surface area contributed by atoms with Crippen molar-refractivity contribution in [2.24, 2.45) is 0 Å². The molecule has 1 rings (SSSR count). The number of aliphatic hydroxyl groups excluding tert-OH is 2. The van der Waals surface area contributed by atoms with Crippen LogP contribution in [0.2, 0.25) is 0 Å². The van der Waals surface area contributed by atoms with Crippen molar-refractivity contribution in [2.75, 3.05) is 99.1 Å². The summed E-state index contributed by atoms with van der Waals surface area (Å²) >= 11 is 0. The van der Waals surface area contributed by atoms with Crippen molar-refractivity contribution < 1.29 is 48.1 Å². The average Bonchev–Trinajstić information content (AvgIpc) is 2.84. The molecule has 1 aromatic carbocycles. The van der Waals surface area contributed by atoms with Gasteiger partial charge in [-0.05, 0) is 17.0 Å². The second-order valence-electron chi connectivity index (χ2n) is 8.79. The third-order valence-corrected chi connectivity index (χ3v) is 4.69. The van der Waals surface area contributed by atoms with Crippen molar-refractivity contribution in [2.45, 2.75) is 32.5 Å². The predicted molar refractivity (Wildman–Crippen MR) is 135 cm³/mol. The Hall–Kier alpha value is -1.34. The maximum Gasteiger partial charge on any atom is 0.221 e. The fraction of sp³-hybridized carbons (Fsp3) is 0.769. The van der Waals surface area contributed by atoms with Crippen molar-refractivity contribution in [3.05, 3.63) is 29.8 Å². The van der Waals surface area contributed by atoms with E-state index in [1.54, 1.807) is 0 Å². The van der Waals surface area contributed by atoms with Gasteiger partial charge in [0.25, 0.3) is 0 Å². The molecule has 10 heteroatoms. The molecule has 0 amide bonds. The predicted octanol–water partition coefficient (Wildman–Crippen LogP) is 1.79. The summed E-state index contributed by atoms with van der Waals surface area (Å²) in [5, 5.41) is 18.7. The van der Waals surface area contributed by atoms with Gasteiger partial charge < -0.3 is 48.1 Å². The maximum atomic E-state index is 10.1. The molecular formula is C26H46O10. The summed E-state index contributed by atoms with van der Waals surface area (Å²) < 4.78 is 43.2. The smallest absolute Gasteiger partial charge is 0.221 e. The Morgan fingerprint density at radius 3 is 1.42 bits per heavy atom. The highest BCUT2D eigenvalue weighted by molar-refractivity contribution is 5.38. The lowest BCUT2D eigenvalue weighted by Gasteiger charge is -2.24. The molecule has 0 aliphatic rings. The molecule has 36 heavy (non-hydrogen) atoms. The van der Waals surface area contributed by atoms with Crippen molar-refractivity contribution in [3.8, 4) is 5.75 Å². The maximum absolute atomic E-state index is 10.1. The Bertz CT molecular complexity index is 623. The first-order valence-electron chi connectivity index (χ1n) is 12.5. The van der Waals surface area contributed by atoms with Crippen molar-refractivity contribution in [1.82, 2.24) is 0 Å². The van der Waals surface area contributed by atoms with Gasteiger partial charge in [0, 0.05) is 0 Å². The molecule has 0 radical (unpaired) electrons. The van der Waals surface area contributed by atoms with E-state index in [4.69, 9.17) is 43.0 Å². The van der Waals surface area contributed by atoms with Crippen LogP contribution in [0, 0.1) is 0 Å². The SMILES string of the molecule is CC(C)(C)c1ccccc1OC(O)COCCOCCOCCOCCOCCOCCOCCO. The van der Waals surface area contributed by atoms with Crippen LogP contribution >= 0.6 is 0 Å². The largest absolute Gasteiger partial charge is 0.462 e. The molecule has 0 aromatic heterocycles. The van der Waals surface area contributed by atoms with E-state index in [9.17, 15) is 5.11 Å². The molecule has 2 N–H and O–H groups in total. The molecule has 0 aliphatic heterocycles. The molecular weight excluding hydrogens is 472 g/mol. The summed E-state index contributed by atoms with van der Waals surface area (Å²) in [6.07, 6.45) is -1.04. The third-order valence-electron chi connectivity index (χ3n) is 4.69. The summed E-state index contributed by atoms with van der Waals surface area (Å²) in [7, 11) is 0. The molecule has 0 bridgehead atoms. The van der Waals surface area contributed by atoms with E-state index >= 15 is 0 Å². The molecule has 1 aromatic rings. The van der Waals surface area contributed by atoms with Crippen LogP contribution in [0.5, 0.6) is 5.75 Å². The summed E-state index contributed by atoms with van der Waals surface area (Å²) in [4.78, 5) is 0. The molecule has 0 spiro atoms. The number of aliphatic hydroxyl groups is 2. The van der Waals surface area contributed by atoms with Gasteiger partial charge in [-0.1, -0.05) is 39.0 Å². The van der Waals surface area contributed by atoms with Crippen molar-refractivity contribution >= 4 is 0 Å². The van der Waals surface area contributed by atoms with E-state index < -0.39 is 6.29 Å². The number of rotatable bonds is 24. The molecule has 0 heterocycles. The first-order valence-corrected chi connectivity index (χ1v) is 12.5. The Morgan fingerprint density at radius 1 is 0.611 bits per heavy atom. The highest BCUT2D eigenvalue weighted by Gasteiger charge is 2.20. The number of para-hydroxylation sites is 1. The van der Waals surface area contributed by atoms with Crippen LogP contribution in [0.25, 0.3) is 0 Å². The van der Waals surface area contributed by atoms with Gasteiger partial charge in [-0.25, -0.2) is 0 Å². The second kappa shape index (κ2) is 21.7. The van der Waals surface area contributed by atoms with E-state index in [1.807, 2.05) is 24.3 Å². The van der Waals surface area contributed by atoms with E-state index in [0.717, 1.165) is 5.56 Å². The molecule has 0 fully saturated rings. The summed E-state index contributed by atoms with van der Waals surface area (Å²) in [6, 6.07) is 7.69. The zero-order chi connectivity index (χ0) is 26.3. The average molecular weight is 519 g/mol. The van der Waals surface area contributed by atoms with E-state index in [2.05, 4.69) is 20.8 Å². The van der Waals surface area contributed by atoms with Crippen LogP contribution in [-0.2, 0) is 38.6 Å². The Kier molecular flexibility index (Phi) is 19.7. The quantitative estimate of drug-likeness (QED) is 0.155. The molecule has 0 saturated heterocycles. The van der Waals surface area contributed by atoms with Crippen LogP contribution in [0.15, 0.2) is 24.3 Å². The molecule has 1 atom stereocenters. The minimum Gasteiger partial charge on any atom is -0.462 e. The van der Waals surface area contributed by atoms with Gasteiger partial charge in [0.05, 0.1) is 92.5 Å². The first-order chi connectivity index (χ1) is 17.4. The minimum atomic E-state index is -1.04. The lowest BCUT2D eigenvalue weighted by atomic mass is 9.86. The fourth-order valence-electron chi connectivity index (χ4n) is 2.94. The highest BCUT2D eigenvalue weighted by atomic mass is 16.6. The number of hydrogen-bond donors (Lipinski definition) is 2. The lowest BCUT2D eigenvalue weighted by molar-refractivity contribution is -0.0865. The number of hydrogen-bond acceptors (Lipinski definition) is 10. The third kappa shape index (κ3) is 18.0. The molecule has 0 saturated carbocycles. The zero-order valence-electron chi connectivity index (χ0n) is 22.2. The van der Waals surface area contributed by atoms with Gasteiger partial charge in [-0.15, -0.1) is 0 Å². The van der Waals surface area contributed by atoms with Crippen LogP contribution in [0.1, 0.15) is 26.3 Å². The Morgan fingerprint density at radius 2 is 1.00 bits per heavy atom. The van der Waals surface area contributed by atoms with E-state index in [1.165, 1.54) is 0 Å². The van der Waals surface area contributed by atoms with Crippen LogP contribution in [0.3, 0.4) is 0 Å². The first kappa shape index (κ1) is 32.7. The lowest BCUT2D eigenvalue weighted by Crippen LogP contribution is -2.25. The highest BCUT2D eigenvalue weighted by Crippen LogP contribution is 2.31. The van der Waals surface area contributed by atoms with Gasteiger partial charge in [0.15, 0.2) is 0 Å². The second-order valence-corrected chi connectivity index (χ2v) is 8.79. The molecule has 1 unspecified atom stereocenters. The van der Waals surface area contributed by atoms with Crippen LogP contribution in [-0.4, -0.2) is 116 Å². The monoisotopic (exact) mass is 518 g/mol. The fourth-order valence-corrected chi connectivity index (χ4v) is 2.94. The topological polar surface area (TPSA) is 114 Å². The van der Waals surface area contributed by atoms with Crippen LogP contribution in [0.4, 0.5) is 0 Å². The van der Waals surface area contributed by atoms with Gasteiger partial charge in [-0.3, -0.25) is 0 Å². The Labute approximate surface area is 215 Å². The van der Waals surface area contributed by atoms with E-state index in [-0.39, 0.29) is 18.6 Å². The van der Waals surface area contributed by atoms with Crippen LogP contribution < -0.4 is 4.74 Å². The number of benzene rings is 1. The van der Waals surface area contributed by atoms with Gasteiger partial charge in [0.2, 0.25) is 6.29 Å². The Balaban J connectivity index is 1.84.